The predicted octanol–water partition coefficient (Wildman–Crippen LogP) is 0.931. The smallest absolute Gasteiger partial charge is 0.0735 e. The molecule has 0 bridgehead atoms. The minimum atomic E-state index is -0.262. The molecule has 3 heteroatoms. The van der Waals surface area contributed by atoms with Gasteiger partial charge in [0.15, 0.2) is 0 Å². The van der Waals surface area contributed by atoms with Crippen molar-refractivity contribution in [3.8, 4) is 0 Å². The third kappa shape index (κ3) is 2.37. The Balaban J connectivity index is 2.13. The van der Waals surface area contributed by atoms with Crippen LogP contribution in [0.5, 0.6) is 0 Å². The summed E-state index contributed by atoms with van der Waals surface area (Å²) in [6, 6.07) is 8.24. The molecule has 3 nitrogen and oxygen atoms in total. The van der Waals surface area contributed by atoms with E-state index in [1.807, 2.05) is 12.1 Å². The van der Waals surface area contributed by atoms with Crippen LogP contribution in [0.1, 0.15) is 30.0 Å². The summed E-state index contributed by atoms with van der Waals surface area (Å²) in [6.07, 6.45) is 1.68. The molecule has 2 rings (SSSR count). The van der Waals surface area contributed by atoms with Crippen molar-refractivity contribution in [1.29, 1.82) is 0 Å². The highest BCUT2D eigenvalue weighted by Gasteiger charge is 2.23. The number of aliphatic hydroxyl groups is 1. The number of nitrogens with two attached hydrogens (primary N) is 1. The summed E-state index contributed by atoms with van der Waals surface area (Å²) in [5.41, 5.74) is 7.82. The lowest BCUT2D eigenvalue weighted by molar-refractivity contribution is 0.0965. The zero-order valence-corrected chi connectivity index (χ0v) is 8.82. The highest BCUT2D eigenvalue weighted by Crippen LogP contribution is 2.23. The van der Waals surface area contributed by atoms with Gasteiger partial charge in [0, 0.05) is 6.54 Å². The van der Waals surface area contributed by atoms with Crippen LogP contribution < -0.4 is 11.1 Å². The monoisotopic (exact) mass is 206 g/mol. The van der Waals surface area contributed by atoms with Crippen LogP contribution in [-0.2, 0) is 6.54 Å². The topological polar surface area (TPSA) is 58.3 Å². The van der Waals surface area contributed by atoms with Gasteiger partial charge in [-0.3, -0.25) is 0 Å². The fraction of sp³-hybridized carbons (Fsp3) is 0.500. The van der Waals surface area contributed by atoms with E-state index in [9.17, 15) is 5.11 Å². The third-order valence-electron chi connectivity index (χ3n) is 3.00. The Bertz CT molecular complexity index is 310. The Morgan fingerprint density at radius 1 is 1.33 bits per heavy atom. The number of nitrogens with one attached hydrogen (secondary N) is 1. The molecule has 0 radical (unpaired) electrons. The van der Waals surface area contributed by atoms with E-state index in [0.29, 0.717) is 6.54 Å². The van der Waals surface area contributed by atoms with Gasteiger partial charge in [-0.1, -0.05) is 24.3 Å². The fourth-order valence-electron chi connectivity index (χ4n) is 2.07. The number of rotatable bonds is 2. The molecule has 15 heavy (non-hydrogen) atoms. The summed E-state index contributed by atoms with van der Waals surface area (Å²) in [5, 5.41) is 13.2. The highest BCUT2D eigenvalue weighted by atomic mass is 16.3. The van der Waals surface area contributed by atoms with Crippen LogP contribution in [0.15, 0.2) is 24.3 Å². The molecular weight excluding hydrogens is 188 g/mol. The Morgan fingerprint density at radius 2 is 2.07 bits per heavy atom. The van der Waals surface area contributed by atoms with E-state index in [0.717, 1.165) is 30.5 Å². The van der Waals surface area contributed by atoms with Crippen LogP contribution in [0.25, 0.3) is 0 Å². The van der Waals surface area contributed by atoms with Gasteiger partial charge in [-0.2, -0.15) is 0 Å². The van der Waals surface area contributed by atoms with Crippen LogP contribution in [0, 0.1) is 0 Å². The number of hydrogen-bond acceptors (Lipinski definition) is 3. The Morgan fingerprint density at radius 3 is 2.67 bits per heavy atom. The standard InChI is InChI=1S/C12H18N2O/c13-8-9-3-5-10(6-4-9)12-11(15)2-1-7-14-12/h3-6,11-12,14-15H,1-2,7-8,13H2. The van der Waals surface area contributed by atoms with Crippen LogP contribution in [0.3, 0.4) is 0 Å². The van der Waals surface area contributed by atoms with Crippen LogP contribution in [-0.4, -0.2) is 17.8 Å². The van der Waals surface area contributed by atoms with Crippen molar-refractivity contribution in [3.05, 3.63) is 35.4 Å². The van der Waals surface area contributed by atoms with Gasteiger partial charge in [-0.25, -0.2) is 0 Å². The molecule has 0 amide bonds. The lowest BCUT2D eigenvalue weighted by Crippen LogP contribution is -2.37. The minimum absolute atomic E-state index is 0.0885. The minimum Gasteiger partial charge on any atom is -0.391 e. The zero-order chi connectivity index (χ0) is 10.7. The maximum absolute atomic E-state index is 9.86. The summed E-state index contributed by atoms with van der Waals surface area (Å²) in [5.74, 6) is 0. The summed E-state index contributed by atoms with van der Waals surface area (Å²) >= 11 is 0. The second-order valence-electron chi connectivity index (χ2n) is 4.09. The molecule has 2 unspecified atom stereocenters. The predicted molar refractivity (Wildman–Crippen MR) is 60.3 cm³/mol. The molecule has 82 valence electrons. The first-order valence-electron chi connectivity index (χ1n) is 5.51. The van der Waals surface area contributed by atoms with Gasteiger partial charge in [0.1, 0.15) is 0 Å². The van der Waals surface area contributed by atoms with Gasteiger partial charge in [0.25, 0.3) is 0 Å². The molecule has 1 aliphatic rings. The van der Waals surface area contributed by atoms with Crippen molar-refractivity contribution in [2.45, 2.75) is 31.5 Å². The van der Waals surface area contributed by atoms with Crippen molar-refractivity contribution in [1.82, 2.24) is 5.32 Å². The SMILES string of the molecule is NCc1ccc(C2NCCCC2O)cc1. The molecule has 1 saturated heterocycles. The first-order valence-corrected chi connectivity index (χ1v) is 5.51. The van der Waals surface area contributed by atoms with Crippen molar-refractivity contribution >= 4 is 0 Å². The van der Waals surface area contributed by atoms with E-state index >= 15 is 0 Å². The van der Waals surface area contributed by atoms with Crippen molar-refractivity contribution in [2.24, 2.45) is 5.73 Å². The molecule has 0 aliphatic carbocycles. The third-order valence-corrected chi connectivity index (χ3v) is 3.00. The van der Waals surface area contributed by atoms with Crippen LogP contribution >= 0.6 is 0 Å². The fourth-order valence-corrected chi connectivity index (χ4v) is 2.07. The lowest BCUT2D eigenvalue weighted by atomic mass is 9.94. The lowest BCUT2D eigenvalue weighted by Gasteiger charge is -2.29. The van der Waals surface area contributed by atoms with Gasteiger partial charge in [0.2, 0.25) is 0 Å². The number of hydrogen-bond donors (Lipinski definition) is 3. The van der Waals surface area contributed by atoms with Gasteiger partial charge in [-0.05, 0) is 30.5 Å². The average Bonchev–Trinajstić information content (AvgIpc) is 2.30. The molecule has 2 atom stereocenters. The van der Waals surface area contributed by atoms with E-state index in [1.165, 1.54) is 0 Å². The van der Waals surface area contributed by atoms with Gasteiger partial charge < -0.3 is 16.2 Å². The first kappa shape index (κ1) is 10.6. The van der Waals surface area contributed by atoms with Crippen LogP contribution in [0.4, 0.5) is 0 Å². The van der Waals surface area contributed by atoms with Crippen molar-refractivity contribution in [3.63, 3.8) is 0 Å². The molecule has 1 heterocycles. The first-order chi connectivity index (χ1) is 7.31. The maximum atomic E-state index is 9.86. The van der Waals surface area contributed by atoms with Crippen molar-refractivity contribution < 1.29 is 5.11 Å². The Labute approximate surface area is 90.3 Å². The molecule has 0 aromatic heterocycles. The van der Waals surface area contributed by atoms with E-state index in [4.69, 9.17) is 5.73 Å². The molecule has 1 fully saturated rings. The number of piperidine rings is 1. The highest BCUT2D eigenvalue weighted by molar-refractivity contribution is 5.26. The normalized spacial score (nSPS) is 26.5. The molecule has 0 saturated carbocycles. The molecule has 1 aliphatic heterocycles. The molecule has 1 aromatic rings. The quantitative estimate of drug-likeness (QED) is 0.674. The van der Waals surface area contributed by atoms with Gasteiger partial charge >= 0.3 is 0 Å². The zero-order valence-electron chi connectivity index (χ0n) is 8.82. The van der Waals surface area contributed by atoms with E-state index < -0.39 is 0 Å². The molecule has 1 aromatic carbocycles. The largest absolute Gasteiger partial charge is 0.391 e. The molecular formula is C12H18N2O. The number of aliphatic hydroxyl groups excluding tert-OH is 1. The summed E-state index contributed by atoms with van der Waals surface area (Å²) < 4.78 is 0. The second kappa shape index (κ2) is 4.75. The molecule has 4 N–H and O–H groups in total. The summed E-state index contributed by atoms with van der Waals surface area (Å²) in [4.78, 5) is 0. The molecule has 0 spiro atoms. The van der Waals surface area contributed by atoms with Crippen molar-refractivity contribution in [2.75, 3.05) is 6.54 Å². The second-order valence-corrected chi connectivity index (χ2v) is 4.09. The van der Waals surface area contributed by atoms with E-state index in [1.54, 1.807) is 0 Å². The summed E-state index contributed by atoms with van der Waals surface area (Å²) in [7, 11) is 0. The Kier molecular flexibility index (Phi) is 3.36. The maximum Gasteiger partial charge on any atom is 0.0735 e. The Hall–Kier alpha value is -0.900. The number of benzene rings is 1. The van der Waals surface area contributed by atoms with Crippen LogP contribution in [0.2, 0.25) is 0 Å². The van der Waals surface area contributed by atoms with Gasteiger partial charge in [0.05, 0.1) is 12.1 Å². The van der Waals surface area contributed by atoms with E-state index in [2.05, 4.69) is 17.4 Å². The average molecular weight is 206 g/mol. The van der Waals surface area contributed by atoms with E-state index in [-0.39, 0.29) is 12.1 Å². The van der Waals surface area contributed by atoms with Gasteiger partial charge in [-0.15, -0.1) is 0 Å². The summed E-state index contributed by atoms with van der Waals surface area (Å²) in [6.45, 7) is 1.56.